The molecular formula is C16H20O. The van der Waals surface area contributed by atoms with Gasteiger partial charge in [0.15, 0.2) is 0 Å². The summed E-state index contributed by atoms with van der Waals surface area (Å²) >= 11 is 0. The van der Waals surface area contributed by atoms with E-state index in [9.17, 15) is 4.79 Å². The number of rotatable bonds is 3. The quantitative estimate of drug-likeness (QED) is 0.722. The Bertz CT molecular complexity index is 414. The van der Waals surface area contributed by atoms with Crippen molar-refractivity contribution < 1.29 is 4.79 Å². The molecule has 1 aromatic carbocycles. The number of hydrogen-bond acceptors (Lipinski definition) is 1. The van der Waals surface area contributed by atoms with Gasteiger partial charge in [-0.05, 0) is 37.7 Å². The van der Waals surface area contributed by atoms with Crippen molar-refractivity contribution in [2.45, 2.75) is 44.4 Å². The van der Waals surface area contributed by atoms with Gasteiger partial charge in [-0.3, -0.25) is 0 Å². The minimum Gasteiger partial charge on any atom is -0.303 e. The second-order valence-corrected chi connectivity index (χ2v) is 5.83. The molecule has 2 atom stereocenters. The van der Waals surface area contributed by atoms with Crippen molar-refractivity contribution in [2.24, 2.45) is 11.8 Å². The molecule has 0 spiro atoms. The molecule has 17 heavy (non-hydrogen) atoms. The van der Waals surface area contributed by atoms with Gasteiger partial charge in [0.2, 0.25) is 0 Å². The van der Waals surface area contributed by atoms with E-state index >= 15 is 0 Å². The normalized spacial score (nSPS) is 32.6. The molecule has 0 aliphatic heterocycles. The highest BCUT2D eigenvalue weighted by molar-refractivity contribution is 5.65. The summed E-state index contributed by atoms with van der Waals surface area (Å²) in [5.41, 5.74) is 2.93. The van der Waals surface area contributed by atoms with Crippen molar-refractivity contribution in [1.29, 1.82) is 0 Å². The maximum absolute atomic E-state index is 11.2. The largest absolute Gasteiger partial charge is 0.303 e. The number of hydrogen-bond donors (Lipinski definition) is 0. The summed E-state index contributed by atoms with van der Waals surface area (Å²) in [6, 6.07) is 8.87. The minimum atomic E-state index is 0.214. The summed E-state index contributed by atoms with van der Waals surface area (Å²) in [7, 11) is 0. The molecule has 0 N–H and O–H groups in total. The van der Waals surface area contributed by atoms with E-state index < -0.39 is 0 Å². The van der Waals surface area contributed by atoms with Gasteiger partial charge in [0, 0.05) is 11.3 Å². The zero-order chi connectivity index (χ0) is 11.9. The average molecular weight is 228 g/mol. The molecule has 0 aromatic heterocycles. The van der Waals surface area contributed by atoms with Gasteiger partial charge in [0.1, 0.15) is 6.29 Å². The molecule has 1 heteroatoms. The predicted octanol–water partition coefficient (Wildman–Crippen LogP) is 3.64. The van der Waals surface area contributed by atoms with E-state index in [-0.39, 0.29) is 11.3 Å². The number of carbonyl (C=O) groups excluding carboxylic acids is 1. The Morgan fingerprint density at radius 1 is 1.18 bits per heavy atom. The fourth-order valence-corrected chi connectivity index (χ4v) is 3.82. The SMILES string of the molecule is Cc1ccc(C2(C3CCCC3)CC2C=O)cc1. The molecule has 2 aliphatic carbocycles. The van der Waals surface area contributed by atoms with E-state index in [2.05, 4.69) is 31.2 Å². The van der Waals surface area contributed by atoms with Crippen LogP contribution < -0.4 is 0 Å². The van der Waals surface area contributed by atoms with Gasteiger partial charge < -0.3 is 4.79 Å². The monoisotopic (exact) mass is 228 g/mol. The molecular weight excluding hydrogens is 208 g/mol. The van der Waals surface area contributed by atoms with E-state index in [0.29, 0.717) is 0 Å². The van der Waals surface area contributed by atoms with Gasteiger partial charge in [-0.25, -0.2) is 0 Å². The highest BCUT2D eigenvalue weighted by Crippen LogP contribution is 2.61. The van der Waals surface area contributed by atoms with Crippen LogP contribution >= 0.6 is 0 Å². The Morgan fingerprint density at radius 2 is 1.82 bits per heavy atom. The van der Waals surface area contributed by atoms with Gasteiger partial charge in [-0.2, -0.15) is 0 Å². The zero-order valence-corrected chi connectivity index (χ0v) is 10.5. The molecule has 0 heterocycles. The summed E-state index contributed by atoms with van der Waals surface area (Å²) in [6.45, 7) is 2.12. The van der Waals surface area contributed by atoms with E-state index in [0.717, 1.165) is 12.3 Å². The topological polar surface area (TPSA) is 17.1 Å². The van der Waals surface area contributed by atoms with E-state index in [1.54, 1.807) is 0 Å². The lowest BCUT2D eigenvalue weighted by atomic mass is 9.79. The van der Waals surface area contributed by atoms with E-state index in [4.69, 9.17) is 0 Å². The summed E-state index contributed by atoms with van der Waals surface area (Å²) in [5.74, 6) is 1.04. The van der Waals surface area contributed by atoms with Crippen LogP contribution in [0, 0.1) is 18.8 Å². The number of carbonyl (C=O) groups is 1. The summed E-state index contributed by atoms with van der Waals surface area (Å²) < 4.78 is 0. The first-order valence-electron chi connectivity index (χ1n) is 6.80. The Balaban J connectivity index is 1.95. The first-order chi connectivity index (χ1) is 8.27. The lowest BCUT2D eigenvalue weighted by Gasteiger charge is -2.24. The van der Waals surface area contributed by atoms with Crippen LogP contribution in [0.5, 0.6) is 0 Å². The Morgan fingerprint density at radius 3 is 2.35 bits per heavy atom. The fourth-order valence-electron chi connectivity index (χ4n) is 3.82. The third kappa shape index (κ3) is 1.64. The van der Waals surface area contributed by atoms with Crippen LogP contribution in [-0.4, -0.2) is 6.29 Å². The van der Waals surface area contributed by atoms with E-state index in [1.807, 2.05) is 0 Å². The van der Waals surface area contributed by atoms with Crippen molar-refractivity contribution in [1.82, 2.24) is 0 Å². The van der Waals surface area contributed by atoms with Crippen LogP contribution in [0.25, 0.3) is 0 Å². The molecule has 2 saturated carbocycles. The molecule has 2 aliphatic rings. The van der Waals surface area contributed by atoms with Crippen LogP contribution in [-0.2, 0) is 10.2 Å². The molecule has 1 nitrogen and oxygen atoms in total. The third-order valence-electron chi connectivity index (χ3n) is 4.90. The second-order valence-electron chi connectivity index (χ2n) is 5.83. The first-order valence-corrected chi connectivity index (χ1v) is 6.80. The van der Waals surface area contributed by atoms with Gasteiger partial charge in [0.25, 0.3) is 0 Å². The van der Waals surface area contributed by atoms with Gasteiger partial charge >= 0.3 is 0 Å². The number of aldehydes is 1. The van der Waals surface area contributed by atoms with Crippen LogP contribution in [0.15, 0.2) is 24.3 Å². The predicted molar refractivity (Wildman–Crippen MR) is 69.0 cm³/mol. The Hall–Kier alpha value is -1.11. The highest BCUT2D eigenvalue weighted by Gasteiger charge is 2.59. The van der Waals surface area contributed by atoms with Crippen molar-refractivity contribution in [2.75, 3.05) is 0 Å². The molecule has 0 bridgehead atoms. The van der Waals surface area contributed by atoms with Crippen molar-refractivity contribution >= 4 is 6.29 Å². The molecule has 3 rings (SSSR count). The summed E-state index contributed by atoms with van der Waals surface area (Å²) in [6.07, 6.45) is 7.62. The Kier molecular flexibility index (Phi) is 2.57. The maximum atomic E-state index is 11.2. The van der Waals surface area contributed by atoms with Crippen molar-refractivity contribution in [3.8, 4) is 0 Å². The van der Waals surface area contributed by atoms with Crippen molar-refractivity contribution in [3.05, 3.63) is 35.4 Å². The smallest absolute Gasteiger partial charge is 0.124 e. The van der Waals surface area contributed by atoms with Gasteiger partial charge in [-0.1, -0.05) is 42.7 Å². The maximum Gasteiger partial charge on any atom is 0.124 e. The minimum absolute atomic E-state index is 0.214. The number of aryl methyl sites for hydroxylation is 1. The molecule has 2 fully saturated rings. The first kappa shape index (κ1) is 11.0. The third-order valence-corrected chi connectivity index (χ3v) is 4.90. The average Bonchev–Trinajstić information content (AvgIpc) is 2.84. The lowest BCUT2D eigenvalue weighted by molar-refractivity contribution is -0.109. The molecule has 0 radical (unpaired) electrons. The van der Waals surface area contributed by atoms with Gasteiger partial charge in [0.05, 0.1) is 0 Å². The van der Waals surface area contributed by atoms with E-state index in [1.165, 1.54) is 43.1 Å². The standard InChI is InChI=1S/C16H20O/c1-12-6-8-14(9-7-12)16(10-15(16)11-17)13-4-2-3-5-13/h6-9,11,13,15H,2-5,10H2,1H3. The summed E-state index contributed by atoms with van der Waals surface area (Å²) in [5, 5.41) is 0. The fraction of sp³-hybridized carbons (Fsp3) is 0.562. The second kappa shape index (κ2) is 3.97. The molecule has 0 saturated heterocycles. The van der Waals surface area contributed by atoms with Crippen LogP contribution in [0.4, 0.5) is 0 Å². The van der Waals surface area contributed by atoms with Crippen molar-refractivity contribution in [3.63, 3.8) is 0 Å². The molecule has 90 valence electrons. The van der Waals surface area contributed by atoms with Crippen LogP contribution in [0.3, 0.4) is 0 Å². The zero-order valence-electron chi connectivity index (χ0n) is 10.5. The Labute approximate surface area is 103 Å². The van der Waals surface area contributed by atoms with Crippen LogP contribution in [0.2, 0.25) is 0 Å². The number of benzene rings is 1. The highest BCUT2D eigenvalue weighted by atomic mass is 16.1. The molecule has 1 aromatic rings. The van der Waals surface area contributed by atoms with Crippen LogP contribution in [0.1, 0.15) is 43.2 Å². The summed E-state index contributed by atoms with van der Waals surface area (Å²) in [4.78, 5) is 11.2. The van der Waals surface area contributed by atoms with Gasteiger partial charge in [-0.15, -0.1) is 0 Å². The molecule has 2 unspecified atom stereocenters. The lowest BCUT2D eigenvalue weighted by Crippen LogP contribution is -2.21. The molecule has 0 amide bonds.